The van der Waals surface area contributed by atoms with Crippen LogP contribution in [0.15, 0.2) is 91.5 Å². The Morgan fingerprint density at radius 1 is 0.625 bits per heavy atom. The third-order valence-electron chi connectivity index (χ3n) is 4.03. The van der Waals surface area contributed by atoms with Gasteiger partial charge in [-0.2, -0.15) is 0 Å². The summed E-state index contributed by atoms with van der Waals surface area (Å²) in [4.78, 5) is 9.73. The van der Waals surface area contributed by atoms with Crippen LogP contribution in [0, 0.1) is 0 Å². The number of para-hydroxylation sites is 2. The Labute approximate surface area is 141 Å². The molecule has 0 aliphatic heterocycles. The molecule has 4 rings (SSSR count). The summed E-state index contributed by atoms with van der Waals surface area (Å²) in [5.74, 6) is 0. The zero-order valence-electron chi connectivity index (χ0n) is 13.2. The lowest BCUT2D eigenvalue weighted by Gasteiger charge is -2.12. The Balaban J connectivity index is 1.97. The van der Waals surface area contributed by atoms with Crippen molar-refractivity contribution in [2.24, 2.45) is 0 Å². The number of fused-ring (bicyclic) bond motifs is 1. The van der Waals surface area contributed by atoms with Gasteiger partial charge >= 0.3 is 0 Å². The topological polar surface area (TPSA) is 25.8 Å². The van der Waals surface area contributed by atoms with Gasteiger partial charge in [-0.3, -0.25) is 0 Å². The predicted molar refractivity (Wildman–Crippen MR) is 99.6 cm³/mol. The summed E-state index contributed by atoms with van der Waals surface area (Å²) in [5, 5.41) is 0. The average Bonchev–Trinajstić information content (AvgIpc) is 2.68. The van der Waals surface area contributed by atoms with Crippen molar-refractivity contribution in [3.63, 3.8) is 0 Å². The third-order valence-corrected chi connectivity index (χ3v) is 4.03. The SMILES string of the molecule is C=C(c1ccccc1)c1nc2ccccc2nc1-c1ccccc1. The zero-order valence-corrected chi connectivity index (χ0v) is 13.2. The fourth-order valence-electron chi connectivity index (χ4n) is 2.78. The van der Waals surface area contributed by atoms with Gasteiger partial charge in [-0.25, -0.2) is 9.97 Å². The van der Waals surface area contributed by atoms with Crippen LogP contribution in [0.5, 0.6) is 0 Å². The van der Waals surface area contributed by atoms with Crippen LogP contribution in [0.2, 0.25) is 0 Å². The van der Waals surface area contributed by atoms with Crippen LogP contribution in [-0.2, 0) is 0 Å². The molecule has 0 amide bonds. The highest BCUT2D eigenvalue weighted by Gasteiger charge is 2.14. The van der Waals surface area contributed by atoms with E-state index in [1.807, 2.05) is 72.8 Å². The minimum Gasteiger partial charge on any atom is -0.244 e. The fraction of sp³-hybridized carbons (Fsp3) is 0. The summed E-state index contributed by atoms with van der Waals surface area (Å²) in [5.41, 5.74) is 6.44. The van der Waals surface area contributed by atoms with Gasteiger partial charge in [0.2, 0.25) is 0 Å². The molecule has 0 saturated heterocycles. The minimum atomic E-state index is 0.825. The van der Waals surface area contributed by atoms with Crippen LogP contribution in [0.4, 0.5) is 0 Å². The molecule has 0 aliphatic carbocycles. The van der Waals surface area contributed by atoms with E-state index in [9.17, 15) is 0 Å². The van der Waals surface area contributed by atoms with Crippen LogP contribution in [0.1, 0.15) is 11.3 Å². The number of aromatic nitrogens is 2. The summed E-state index contributed by atoms with van der Waals surface area (Å²) < 4.78 is 0. The van der Waals surface area contributed by atoms with Gasteiger partial charge < -0.3 is 0 Å². The normalized spacial score (nSPS) is 10.7. The molecule has 0 saturated carbocycles. The number of benzene rings is 3. The summed E-state index contributed by atoms with van der Waals surface area (Å²) in [6, 6.07) is 28.2. The van der Waals surface area contributed by atoms with E-state index >= 15 is 0 Å². The molecular formula is C22H16N2. The highest BCUT2D eigenvalue weighted by Crippen LogP contribution is 2.30. The van der Waals surface area contributed by atoms with E-state index in [1.165, 1.54) is 0 Å². The van der Waals surface area contributed by atoms with E-state index in [0.29, 0.717) is 0 Å². The molecule has 0 spiro atoms. The first-order valence-electron chi connectivity index (χ1n) is 7.90. The Kier molecular flexibility index (Phi) is 3.64. The molecule has 0 radical (unpaired) electrons. The van der Waals surface area contributed by atoms with E-state index in [-0.39, 0.29) is 0 Å². The molecule has 0 fully saturated rings. The standard InChI is InChI=1S/C22H16N2/c1-16(17-10-4-2-5-11-17)21-22(18-12-6-3-7-13-18)24-20-15-9-8-14-19(20)23-21/h2-15H,1H2. The van der Waals surface area contributed by atoms with Gasteiger partial charge in [-0.1, -0.05) is 79.4 Å². The molecule has 2 heteroatoms. The second-order valence-electron chi connectivity index (χ2n) is 5.62. The van der Waals surface area contributed by atoms with Crippen molar-refractivity contribution in [2.75, 3.05) is 0 Å². The van der Waals surface area contributed by atoms with Crippen molar-refractivity contribution in [3.05, 3.63) is 103 Å². The summed E-state index contributed by atoms with van der Waals surface area (Å²) >= 11 is 0. The van der Waals surface area contributed by atoms with E-state index in [0.717, 1.165) is 39.1 Å². The maximum atomic E-state index is 4.87. The highest BCUT2D eigenvalue weighted by atomic mass is 14.8. The molecule has 0 unspecified atom stereocenters. The van der Waals surface area contributed by atoms with Gasteiger partial charge in [-0.05, 0) is 17.7 Å². The second kappa shape index (κ2) is 6.09. The third kappa shape index (κ3) is 2.59. The van der Waals surface area contributed by atoms with Gasteiger partial charge in [0, 0.05) is 11.1 Å². The molecular weight excluding hydrogens is 292 g/mol. The smallest absolute Gasteiger partial charge is 0.0973 e. The minimum absolute atomic E-state index is 0.825. The Hall–Kier alpha value is -3.26. The van der Waals surface area contributed by atoms with Gasteiger partial charge in [0.05, 0.1) is 22.4 Å². The quantitative estimate of drug-likeness (QED) is 0.509. The maximum absolute atomic E-state index is 4.87. The van der Waals surface area contributed by atoms with Crippen molar-refractivity contribution >= 4 is 16.6 Å². The first-order chi connectivity index (χ1) is 11.8. The molecule has 1 aromatic heterocycles. The molecule has 24 heavy (non-hydrogen) atoms. The first kappa shape index (κ1) is 14.3. The number of hydrogen-bond acceptors (Lipinski definition) is 2. The highest BCUT2D eigenvalue weighted by molar-refractivity contribution is 5.88. The number of rotatable bonds is 3. The van der Waals surface area contributed by atoms with Gasteiger partial charge in [-0.15, -0.1) is 0 Å². The van der Waals surface area contributed by atoms with E-state index in [4.69, 9.17) is 9.97 Å². The van der Waals surface area contributed by atoms with E-state index in [2.05, 4.69) is 18.7 Å². The molecule has 2 nitrogen and oxygen atoms in total. The summed E-state index contributed by atoms with van der Waals surface area (Å²) in [7, 11) is 0. The fourth-order valence-corrected chi connectivity index (χ4v) is 2.78. The van der Waals surface area contributed by atoms with Crippen LogP contribution in [-0.4, -0.2) is 9.97 Å². The van der Waals surface area contributed by atoms with Gasteiger partial charge in [0.25, 0.3) is 0 Å². The largest absolute Gasteiger partial charge is 0.244 e. The van der Waals surface area contributed by atoms with Crippen LogP contribution in [0.3, 0.4) is 0 Å². The molecule has 0 bridgehead atoms. The van der Waals surface area contributed by atoms with Gasteiger partial charge in [0.1, 0.15) is 0 Å². The van der Waals surface area contributed by atoms with Crippen molar-refractivity contribution in [2.45, 2.75) is 0 Å². The first-order valence-corrected chi connectivity index (χ1v) is 7.90. The lowest BCUT2D eigenvalue weighted by molar-refractivity contribution is 1.25. The molecule has 0 atom stereocenters. The van der Waals surface area contributed by atoms with Crippen molar-refractivity contribution in [1.82, 2.24) is 9.97 Å². The van der Waals surface area contributed by atoms with Crippen LogP contribution < -0.4 is 0 Å². The van der Waals surface area contributed by atoms with E-state index < -0.39 is 0 Å². The maximum Gasteiger partial charge on any atom is 0.0973 e. The molecule has 3 aromatic carbocycles. The summed E-state index contributed by atoms with van der Waals surface area (Å²) in [6.45, 7) is 4.29. The molecule has 0 aliphatic rings. The molecule has 4 aromatic rings. The lowest BCUT2D eigenvalue weighted by atomic mass is 9.99. The average molecular weight is 308 g/mol. The monoisotopic (exact) mass is 308 g/mol. The van der Waals surface area contributed by atoms with Gasteiger partial charge in [0.15, 0.2) is 0 Å². The Morgan fingerprint density at radius 2 is 1.17 bits per heavy atom. The second-order valence-corrected chi connectivity index (χ2v) is 5.62. The van der Waals surface area contributed by atoms with Crippen molar-refractivity contribution < 1.29 is 0 Å². The number of hydrogen-bond donors (Lipinski definition) is 0. The van der Waals surface area contributed by atoms with Crippen LogP contribution in [0.25, 0.3) is 27.9 Å². The Bertz CT molecular complexity index is 1010. The lowest BCUT2D eigenvalue weighted by Crippen LogP contribution is -1.99. The molecule has 0 N–H and O–H groups in total. The van der Waals surface area contributed by atoms with Crippen molar-refractivity contribution in [3.8, 4) is 11.3 Å². The predicted octanol–water partition coefficient (Wildman–Crippen LogP) is 5.36. The van der Waals surface area contributed by atoms with E-state index in [1.54, 1.807) is 0 Å². The Morgan fingerprint density at radius 3 is 1.83 bits per heavy atom. The molecule has 114 valence electrons. The number of nitrogens with zero attached hydrogens (tertiary/aromatic N) is 2. The van der Waals surface area contributed by atoms with Crippen LogP contribution >= 0.6 is 0 Å². The summed E-state index contributed by atoms with van der Waals surface area (Å²) in [6.07, 6.45) is 0. The van der Waals surface area contributed by atoms with Crippen molar-refractivity contribution in [1.29, 1.82) is 0 Å². The molecule has 1 heterocycles. The zero-order chi connectivity index (χ0) is 16.4.